The number of nitrogens with zero attached hydrogens (tertiary/aromatic N) is 2. The van der Waals surface area contributed by atoms with E-state index in [1.54, 1.807) is 9.80 Å². The molecule has 0 aromatic rings. The van der Waals surface area contributed by atoms with E-state index in [9.17, 15) is 9.59 Å². The largest absolute Gasteiger partial charge is 0.379 e. The Morgan fingerprint density at radius 1 is 1.25 bits per heavy atom. The highest BCUT2D eigenvalue weighted by Gasteiger charge is 2.39. The van der Waals surface area contributed by atoms with E-state index in [0.29, 0.717) is 6.54 Å². The second kappa shape index (κ2) is 7.07. The molecule has 114 valence electrons. The highest BCUT2D eigenvalue weighted by atomic mass is 16.5. The molecule has 0 aromatic heterocycles. The van der Waals surface area contributed by atoms with Crippen LogP contribution in [-0.4, -0.2) is 60.0 Å². The molecule has 5 heteroatoms. The van der Waals surface area contributed by atoms with Crippen LogP contribution >= 0.6 is 0 Å². The van der Waals surface area contributed by atoms with Crippen LogP contribution in [0.5, 0.6) is 0 Å². The van der Waals surface area contributed by atoms with Gasteiger partial charge in [0.05, 0.1) is 12.6 Å². The molecule has 1 unspecified atom stereocenters. The number of amides is 2. The van der Waals surface area contributed by atoms with E-state index in [-0.39, 0.29) is 30.5 Å². The van der Waals surface area contributed by atoms with E-state index in [4.69, 9.17) is 4.74 Å². The summed E-state index contributed by atoms with van der Waals surface area (Å²) < 4.78 is 5.49. The van der Waals surface area contributed by atoms with Crippen LogP contribution in [0, 0.1) is 0 Å². The molecule has 2 amide bonds. The van der Waals surface area contributed by atoms with Crippen LogP contribution < -0.4 is 0 Å². The van der Waals surface area contributed by atoms with Crippen molar-refractivity contribution in [1.82, 2.24) is 9.80 Å². The minimum absolute atomic E-state index is 0.118. The third-order valence-corrected chi connectivity index (χ3v) is 4.02. The first kappa shape index (κ1) is 15.3. The summed E-state index contributed by atoms with van der Waals surface area (Å²) >= 11 is 0. The lowest BCUT2D eigenvalue weighted by molar-refractivity contribution is -0.157. The van der Waals surface area contributed by atoms with E-state index in [1.807, 2.05) is 13.8 Å². The fourth-order valence-corrected chi connectivity index (χ4v) is 2.94. The summed E-state index contributed by atoms with van der Waals surface area (Å²) in [7, 11) is 0. The van der Waals surface area contributed by atoms with Gasteiger partial charge in [0.25, 0.3) is 0 Å². The van der Waals surface area contributed by atoms with Gasteiger partial charge in [-0.25, -0.2) is 0 Å². The molecule has 2 fully saturated rings. The average molecular weight is 282 g/mol. The van der Waals surface area contributed by atoms with Gasteiger partial charge in [0.15, 0.2) is 0 Å². The SMILES string of the molecule is CC(C)OCCCCN1CC(=O)N2CCCCC2C1=O. The van der Waals surface area contributed by atoms with Gasteiger partial charge in [0.1, 0.15) is 6.04 Å². The van der Waals surface area contributed by atoms with Crippen molar-refractivity contribution in [3.05, 3.63) is 0 Å². The van der Waals surface area contributed by atoms with Crippen molar-refractivity contribution >= 4 is 11.8 Å². The predicted molar refractivity (Wildman–Crippen MR) is 76.3 cm³/mol. The number of hydrogen-bond acceptors (Lipinski definition) is 3. The maximum Gasteiger partial charge on any atom is 0.245 e. The predicted octanol–water partition coefficient (Wildman–Crippen LogP) is 1.41. The number of piperazine rings is 1. The average Bonchev–Trinajstić information content (AvgIpc) is 2.43. The molecule has 5 nitrogen and oxygen atoms in total. The number of fused-ring (bicyclic) bond motifs is 1. The number of ether oxygens (including phenoxy) is 1. The quantitative estimate of drug-likeness (QED) is 0.692. The highest BCUT2D eigenvalue weighted by molar-refractivity contribution is 5.95. The number of rotatable bonds is 6. The van der Waals surface area contributed by atoms with Gasteiger partial charge < -0.3 is 14.5 Å². The minimum atomic E-state index is -0.183. The Morgan fingerprint density at radius 2 is 2.05 bits per heavy atom. The minimum Gasteiger partial charge on any atom is -0.379 e. The molecule has 2 saturated heterocycles. The summed E-state index contributed by atoms with van der Waals surface area (Å²) in [5.74, 6) is 0.266. The Labute approximate surface area is 121 Å². The summed E-state index contributed by atoms with van der Waals surface area (Å²) in [4.78, 5) is 28.0. The highest BCUT2D eigenvalue weighted by Crippen LogP contribution is 2.23. The Morgan fingerprint density at radius 3 is 2.80 bits per heavy atom. The van der Waals surface area contributed by atoms with Gasteiger partial charge in [-0.1, -0.05) is 0 Å². The lowest BCUT2D eigenvalue weighted by Gasteiger charge is -2.42. The topological polar surface area (TPSA) is 49.9 Å². The maximum atomic E-state index is 12.4. The Bertz CT molecular complexity index is 357. The van der Waals surface area contributed by atoms with Crippen molar-refractivity contribution in [3.63, 3.8) is 0 Å². The van der Waals surface area contributed by atoms with Gasteiger partial charge in [0, 0.05) is 19.7 Å². The first-order valence-corrected chi connectivity index (χ1v) is 7.79. The number of unbranched alkanes of at least 4 members (excludes halogenated alkanes) is 1. The van der Waals surface area contributed by atoms with Crippen LogP contribution in [0.25, 0.3) is 0 Å². The van der Waals surface area contributed by atoms with E-state index in [1.165, 1.54) is 0 Å². The van der Waals surface area contributed by atoms with Gasteiger partial charge in [-0.05, 0) is 46.0 Å². The summed E-state index contributed by atoms with van der Waals surface area (Å²) in [6.45, 7) is 6.46. The number of piperidine rings is 1. The number of carbonyl (C=O) groups excluding carboxylic acids is 2. The fraction of sp³-hybridized carbons (Fsp3) is 0.867. The Hall–Kier alpha value is -1.10. The molecule has 0 spiro atoms. The van der Waals surface area contributed by atoms with E-state index >= 15 is 0 Å². The fourth-order valence-electron chi connectivity index (χ4n) is 2.94. The van der Waals surface area contributed by atoms with Gasteiger partial charge in [-0.3, -0.25) is 9.59 Å². The summed E-state index contributed by atoms with van der Waals surface area (Å²) in [6, 6.07) is -0.183. The number of carbonyl (C=O) groups is 2. The van der Waals surface area contributed by atoms with Crippen LogP contribution in [0.3, 0.4) is 0 Å². The molecule has 0 aromatic carbocycles. The third-order valence-electron chi connectivity index (χ3n) is 4.02. The van der Waals surface area contributed by atoms with Crippen LogP contribution in [0.15, 0.2) is 0 Å². The normalized spacial score (nSPS) is 23.4. The van der Waals surface area contributed by atoms with Crippen LogP contribution in [0.4, 0.5) is 0 Å². The van der Waals surface area contributed by atoms with E-state index < -0.39 is 0 Å². The van der Waals surface area contributed by atoms with Crippen molar-refractivity contribution in [1.29, 1.82) is 0 Å². The molecule has 20 heavy (non-hydrogen) atoms. The molecule has 0 N–H and O–H groups in total. The monoisotopic (exact) mass is 282 g/mol. The third kappa shape index (κ3) is 3.72. The Kier molecular flexibility index (Phi) is 5.40. The summed E-state index contributed by atoms with van der Waals surface area (Å²) in [6.07, 6.45) is 5.00. The molecule has 2 aliphatic heterocycles. The molecule has 0 saturated carbocycles. The van der Waals surface area contributed by atoms with Crippen molar-refractivity contribution < 1.29 is 14.3 Å². The van der Waals surface area contributed by atoms with E-state index in [0.717, 1.165) is 45.3 Å². The summed E-state index contributed by atoms with van der Waals surface area (Å²) in [5.41, 5.74) is 0. The molecule has 2 rings (SSSR count). The zero-order chi connectivity index (χ0) is 14.5. The molecular formula is C15H26N2O3. The number of hydrogen-bond donors (Lipinski definition) is 0. The molecule has 0 bridgehead atoms. The first-order valence-electron chi connectivity index (χ1n) is 7.79. The standard InChI is InChI=1S/C15H26N2O3/c1-12(2)20-10-6-5-8-16-11-14(18)17-9-4-3-7-13(17)15(16)19/h12-13H,3-11H2,1-2H3. The lowest BCUT2D eigenvalue weighted by Crippen LogP contribution is -2.61. The Balaban J connectivity index is 1.77. The van der Waals surface area contributed by atoms with Crippen LogP contribution in [0.2, 0.25) is 0 Å². The maximum absolute atomic E-state index is 12.4. The van der Waals surface area contributed by atoms with Crippen molar-refractivity contribution in [2.45, 2.75) is 58.1 Å². The smallest absolute Gasteiger partial charge is 0.245 e. The van der Waals surface area contributed by atoms with Gasteiger partial charge in [-0.2, -0.15) is 0 Å². The van der Waals surface area contributed by atoms with Crippen molar-refractivity contribution in [3.8, 4) is 0 Å². The second-order valence-corrected chi connectivity index (χ2v) is 5.99. The second-order valence-electron chi connectivity index (χ2n) is 5.99. The van der Waals surface area contributed by atoms with Crippen molar-refractivity contribution in [2.75, 3.05) is 26.2 Å². The molecular weight excluding hydrogens is 256 g/mol. The summed E-state index contributed by atoms with van der Waals surface area (Å²) in [5, 5.41) is 0. The van der Waals surface area contributed by atoms with Gasteiger partial charge in [-0.15, -0.1) is 0 Å². The first-order chi connectivity index (χ1) is 9.59. The van der Waals surface area contributed by atoms with Gasteiger partial charge >= 0.3 is 0 Å². The molecule has 2 aliphatic rings. The zero-order valence-corrected chi connectivity index (χ0v) is 12.6. The van der Waals surface area contributed by atoms with E-state index in [2.05, 4.69) is 0 Å². The van der Waals surface area contributed by atoms with Gasteiger partial charge in [0.2, 0.25) is 11.8 Å². The molecule has 2 heterocycles. The molecule has 0 aliphatic carbocycles. The zero-order valence-electron chi connectivity index (χ0n) is 12.6. The molecule has 1 atom stereocenters. The van der Waals surface area contributed by atoms with Crippen LogP contribution in [0.1, 0.15) is 46.0 Å². The lowest BCUT2D eigenvalue weighted by atomic mass is 9.98. The van der Waals surface area contributed by atoms with Crippen LogP contribution in [-0.2, 0) is 14.3 Å². The molecule has 0 radical (unpaired) electrons. The van der Waals surface area contributed by atoms with Crippen molar-refractivity contribution in [2.24, 2.45) is 0 Å².